The van der Waals surface area contributed by atoms with Crippen molar-refractivity contribution in [2.45, 2.75) is 38.4 Å². The van der Waals surface area contributed by atoms with Gasteiger partial charge in [-0.1, -0.05) is 6.92 Å². The second-order valence-electron chi connectivity index (χ2n) is 6.05. The number of halogens is 3. The highest BCUT2D eigenvalue weighted by atomic mass is 19.4. The predicted octanol–water partition coefficient (Wildman–Crippen LogP) is 2.72. The fourth-order valence-electron chi connectivity index (χ4n) is 2.94. The van der Waals surface area contributed by atoms with Crippen LogP contribution in [-0.4, -0.2) is 33.7 Å². The molecule has 116 valence electrons. The summed E-state index contributed by atoms with van der Waals surface area (Å²) in [5, 5.41) is 3.62. The third-order valence-corrected chi connectivity index (χ3v) is 4.48. The van der Waals surface area contributed by atoms with Crippen molar-refractivity contribution in [2.75, 3.05) is 13.1 Å². The minimum absolute atomic E-state index is 0.0539. The van der Waals surface area contributed by atoms with Gasteiger partial charge in [0.1, 0.15) is 0 Å². The van der Waals surface area contributed by atoms with Crippen molar-refractivity contribution in [3.8, 4) is 0 Å². The van der Waals surface area contributed by atoms with Gasteiger partial charge in [0.05, 0.1) is 6.04 Å². The molecule has 0 N–H and O–H groups in total. The molecule has 0 aromatic carbocycles. The summed E-state index contributed by atoms with van der Waals surface area (Å²) in [7, 11) is 0. The molecule has 1 saturated heterocycles. The minimum Gasteiger partial charge on any atom is -0.342 e. The van der Waals surface area contributed by atoms with E-state index in [9.17, 15) is 18.0 Å². The van der Waals surface area contributed by atoms with Crippen molar-refractivity contribution in [1.82, 2.24) is 14.7 Å². The third kappa shape index (κ3) is 2.91. The van der Waals surface area contributed by atoms with Gasteiger partial charge in [-0.15, -0.1) is 0 Å². The Hall–Kier alpha value is -1.53. The van der Waals surface area contributed by atoms with Gasteiger partial charge in [-0.25, -0.2) is 0 Å². The lowest BCUT2D eigenvalue weighted by molar-refractivity contribution is -0.141. The van der Waals surface area contributed by atoms with Crippen molar-refractivity contribution in [3.63, 3.8) is 0 Å². The standard InChI is InChI=1S/C14H18F3N3O/c1-9-8-11(9)13(21)19-5-2-10(3-6-19)20-7-4-12(18-20)14(15,16)17/h4,7,9-11H,2-3,5-6,8H2,1H3/t9-,11+/m0/s1. The number of aromatic nitrogens is 2. The molecule has 0 bridgehead atoms. The Morgan fingerprint density at radius 3 is 2.43 bits per heavy atom. The highest BCUT2D eigenvalue weighted by molar-refractivity contribution is 5.81. The average molecular weight is 301 g/mol. The molecule has 1 saturated carbocycles. The van der Waals surface area contributed by atoms with Crippen LogP contribution in [0.4, 0.5) is 13.2 Å². The molecular formula is C14H18F3N3O. The Kier molecular flexibility index (Phi) is 3.45. The zero-order chi connectivity index (χ0) is 15.2. The van der Waals surface area contributed by atoms with E-state index in [0.29, 0.717) is 31.8 Å². The summed E-state index contributed by atoms with van der Waals surface area (Å²) in [6.07, 6.45) is -0.734. The zero-order valence-corrected chi connectivity index (χ0v) is 11.8. The summed E-state index contributed by atoms with van der Waals surface area (Å²) < 4.78 is 39.0. The molecule has 1 aliphatic carbocycles. The number of piperidine rings is 1. The number of hydrogen-bond donors (Lipinski definition) is 0. The van der Waals surface area contributed by atoms with E-state index in [4.69, 9.17) is 0 Å². The maximum absolute atomic E-state index is 12.5. The number of carbonyl (C=O) groups excluding carboxylic acids is 1. The van der Waals surface area contributed by atoms with Crippen molar-refractivity contribution in [2.24, 2.45) is 11.8 Å². The molecule has 0 radical (unpaired) electrons. The lowest BCUT2D eigenvalue weighted by Crippen LogP contribution is -2.40. The van der Waals surface area contributed by atoms with Crippen LogP contribution in [0.5, 0.6) is 0 Å². The predicted molar refractivity (Wildman–Crippen MR) is 69.4 cm³/mol. The van der Waals surface area contributed by atoms with Crippen molar-refractivity contribution in [3.05, 3.63) is 18.0 Å². The van der Waals surface area contributed by atoms with E-state index < -0.39 is 11.9 Å². The summed E-state index contributed by atoms with van der Waals surface area (Å²) in [5.41, 5.74) is -0.854. The molecule has 4 nitrogen and oxygen atoms in total. The molecule has 1 aromatic heterocycles. The molecule has 21 heavy (non-hydrogen) atoms. The van der Waals surface area contributed by atoms with Crippen LogP contribution in [0.2, 0.25) is 0 Å². The Bertz CT molecular complexity index is 532. The first-order valence-corrected chi connectivity index (χ1v) is 7.27. The van der Waals surface area contributed by atoms with E-state index in [0.717, 1.165) is 12.5 Å². The molecule has 1 aromatic rings. The quantitative estimate of drug-likeness (QED) is 0.842. The van der Waals surface area contributed by atoms with Crippen LogP contribution in [0.25, 0.3) is 0 Å². The molecule has 3 rings (SSSR count). The van der Waals surface area contributed by atoms with Gasteiger partial charge < -0.3 is 4.90 Å². The highest BCUT2D eigenvalue weighted by Gasteiger charge is 2.42. The molecule has 1 aliphatic heterocycles. The Morgan fingerprint density at radius 1 is 1.33 bits per heavy atom. The van der Waals surface area contributed by atoms with Gasteiger partial charge in [-0.05, 0) is 31.2 Å². The summed E-state index contributed by atoms with van der Waals surface area (Å²) in [4.78, 5) is 14.0. The molecule has 2 heterocycles. The van der Waals surface area contributed by atoms with Crippen LogP contribution in [0.3, 0.4) is 0 Å². The van der Waals surface area contributed by atoms with Gasteiger partial charge in [0.2, 0.25) is 5.91 Å². The number of carbonyl (C=O) groups is 1. The van der Waals surface area contributed by atoms with E-state index in [-0.39, 0.29) is 17.9 Å². The first-order valence-electron chi connectivity index (χ1n) is 7.27. The lowest BCUT2D eigenvalue weighted by Gasteiger charge is -2.32. The van der Waals surface area contributed by atoms with E-state index in [2.05, 4.69) is 12.0 Å². The topological polar surface area (TPSA) is 38.1 Å². The smallest absolute Gasteiger partial charge is 0.342 e. The van der Waals surface area contributed by atoms with Crippen LogP contribution in [0.1, 0.15) is 37.9 Å². The van der Waals surface area contributed by atoms with Crippen LogP contribution in [0.15, 0.2) is 12.3 Å². The fourth-order valence-corrected chi connectivity index (χ4v) is 2.94. The first-order chi connectivity index (χ1) is 9.86. The molecule has 0 spiro atoms. The Balaban J connectivity index is 1.58. The van der Waals surface area contributed by atoms with Crippen molar-refractivity contribution in [1.29, 1.82) is 0 Å². The number of likely N-dealkylation sites (tertiary alicyclic amines) is 1. The van der Waals surface area contributed by atoms with E-state index in [1.54, 1.807) is 0 Å². The van der Waals surface area contributed by atoms with Crippen molar-refractivity contribution < 1.29 is 18.0 Å². The third-order valence-electron chi connectivity index (χ3n) is 4.48. The molecular weight excluding hydrogens is 283 g/mol. The van der Waals surface area contributed by atoms with Crippen LogP contribution < -0.4 is 0 Å². The SMILES string of the molecule is C[C@H]1C[C@H]1C(=O)N1CCC(n2ccc(C(F)(F)F)n2)CC1. The number of rotatable bonds is 2. The van der Waals surface area contributed by atoms with Gasteiger partial charge in [0.15, 0.2) is 5.69 Å². The number of hydrogen-bond acceptors (Lipinski definition) is 2. The lowest BCUT2D eigenvalue weighted by atomic mass is 10.0. The second-order valence-corrected chi connectivity index (χ2v) is 6.05. The van der Waals surface area contributed by atoms with Crippen LogP contribution in [0, 0.1) is 11.8 Å². The summed E-state index contributed by atoms with van der Waals surface area (Å²) in [6, 6.07) is 0.949. The number of nitrogens with zero attached hydrogens (tertiary/aromatic N) is 3. The number of alkyl halides is 3. The van der Waals surface area contributed by atoms with E-state index in [1.807, 2.05) is 4.90 Å². The van der Waals surface area contributed by atoms with E-state index >= 15 is 0 Å². The first kappa shape index (κ1) is 14.4. The van der Waals surface area contributed by atoms with Gasteiger partial charge in [0, 0.05) is 25.2 Å². The molecule has 0 unspecified atom stereocenters. The normalized spacial score (nSPS) is 27.0. The van der Waals surface area contributed by atoms with Gasteiger partial charge in [0.25, 0.3) is 0 Å². The largest absolute Gasteiger partial charge is 0.435 e. The zero-order valence-electron chi connectivity index (χ0n) is 11.8. The molecule has 2 fully saturated rings. The average Bonchev–Trinajstić information content (AvgIpc) is 2.97. The molecule has 1 amide bonds. The molecule has 7 heteroatoms. The summed E-state index contributed by atoms with van der Waals surface area (Å²) in [6.45, 7) is 3.28. The summed E-state index contributed by atoms with van der Waals surface area (Å²) >= 11 is 0. The highest BCUT2D eigenvalue weighted by Crippen LogP contribution is 2.40. The fraction of sp³-hybridized carbons (Fsp3) is 0.714. The monoisotopic (exact) mass is 301 g/mol. The molecule has 2 atom stereocenters. The summed E-state index contributed by atoms with van der Waals surface area (Å²) in [5.74, 6) is 0.858. The van der Waals surface area contributed by atoms with Gasteiger partial charge in [-0.2, -0.15) is 18.3 Å². The minimum atomic E-state index is -4.40. The van der Waals surface area contributed by atoms with Crippen LogP contribution in [-0.2, 0) is 11.0 Å². The number of amides is 1. The molecule has 2 aliphatic rings. The maximum atomic E-state index is 12.5. The van der Waals surface area contributed by atoms with Crippen LogP contribution >= 0.6 is 0 Å². The maximum Gasteiger partial charge on any atom is 0.435 e. The Labute approximate surface area is 120 Å². The van der Waals surface area contributed by atoms with Gasteiger partial charge in [-0.3, -0.25) is 9.48 Å². The Morgan fingerprint density at radius 2 is 1.95 bits per heavy atom. The van der Waals surface area contributed by atoms with Gasteiger partial charge >= 0.3 is 6.18 Å². The second kappa shape index (κ2) is 5.03. The van der Waals surface area contributed by atoms with E-state index in [1.165, 1.54) is 10.9 Å². The van der Waals surface area contributed by atoms with Crippen molar-refractivity contribution >= 4 is 5.91 Å².